The molecule has 1 aliphatic heterocycles. The molecule has 0 bridgehead atoms. The van der Waals surface area contributed by atoms with Gasteiger partial charge >= 0.3 is 0 Å². The molecule has 0 saturated heterocycles. The van der Waals surface area contributed by atoms with E-state index in [1.54, 1.807) is 0 Å². The monoisotopic (exact) mass is 802 g/mol. The highest BCUT2D eigenvalue weighted by Gasteiger charge is 2.25. The Labute approximate surface area is 366 Å². The molecule has 0 unspecified atom stereocenters. The molecule has 11 aromatic rings. The van der Waals surface area contributed by atoms with Gasteiger partial charge in [-0.1, -0.05) is 200 Å². The molecule has 12 rings (SSSR count). The summed E-state index contributed by atoms with van der Waals surface area (Å²) in [5, 5.41) is 0. The summed E-state index contributed by atoms with van der Waals surface area (Å²) in [5.74, 6) is 1.61. The number of rotatable bonds is 7. The van der Waals surface area contributed by atoms with Crippen molar-refractivity contribution >= 4 is 11.0 Å². The Morgan fingerprint density at radius 3 is 1.49 bits per heavy atom. The fourth-order valence-electron chi connectivity index (χ4n) is 9.20. The first-order chi connectivity index (χ1) is 31.2. The summed E-state index contributed by atoms with van der Waals surface area (Å²) in [4.78, 5) is 15.7. The van der Waals surface area contributed by atoms with Crippen LogP contribution in [0.15, 0.2) is 231 Å². The van der Waals surface area contributed by atoms with Gasteiger partial charge in [0.05, 0.1) is 28.1 Å². The predicted octanol–water partition coefficient (Wildman–Crippen LogP) is 15.1. The van der Waals surface area contributed by atoms with Crippen molar-refractivity contribution in [2.75, 3.05) is 0 Å². The van der Waals surface area contributed by atoms with Crippen LogP contribution in [0.25, 0.3) is 118 Å². The van der Waals surface area contributed by atoms with E-state index in [1.807, 2.05) is 6.07 Å². The lowest BCUT2D eigenvalue weighted by Crippen LogP contribution is -1.99. The van der Waals surface area contributed by atoms with E-state index in [4.69, 9.17) is 15.0 Å². The van der Waals surface area contributed by atoms with Crippen LogP contribution in [0, 0.1) is 0 Å². The first-order valence-electron chi connectivity index (χ1n) is 21.4. The minimum atomic E-state index is 0.683. The molecule has 0 aliphatic carbocycles. The predicted molar refractivity (Wildman–Crippen MR) is 259 cm³/mol. The second-order valence-corrected chi connectivity index (χ2v) is 16.0. The molecule has 0 saturated carbocycles. The van der Waals surface area contributed by atoms with Crippen LogP contribution in [0.4, 0.5) is 0 Å². The summed E-state index contributed by atoms with van der Waals surface area (Å²) in [6, 6.07) is 81.5. The standard InChI is InChI=1S/C59H38N4/c1-3-16-40(17-4-1)47-24-7-10-27-50(47)55-38-54(41-18-5-2-6-19-41)60-58(61-55)46-23-14-22-45(37-46)44-21-13-20-43(36-44)39-32-34-42(35-33-39)59-62-53-30-15-29-52-49-26-9-8-25-48(49)51-28-11-12-31-56(51)63(59)57(52)53/h1-38H. The van der Waals surface area contributed by atoms with Gasteiger partial charge in [-0.3, -0.25) is 4.57 Å². The lowest BCUT2D eigenvalue weighted by Gasteiger charge is -2.14. The maximum absolute atomic E-state index is 5.27. The lowest BCUT2D eigenvalue weighted by molar-refractivity contribution is 1.11. The number of para-hydroxylation sites is 2. The van der Waals surface area contributed by atoms with E-state index in [-0.39, 0.29) is 0 Å². The van der Waals surface area contributed by atoms with Crippen molar-refractivity contribution in [3.63, 3.8) is 0 Å². The largest absolute Gasteiger partial charge is 0.291 e. The van der Waals surface area contributed by atoms with Crippen molar-refractivity contribution in [1.82, 2.24) is 19.5 Å². The maximum Gasteiger partial charge on any atom is 0.160 e. The number of imidazole rings is 1. The third-order valence-electron chi connectivity index (χ3n) is 12.2. The summed E-state index contributed by atoms with van der Waals surface area (Å²) in [7, 11) is 0. The quantitative estimate of drug-likeness (QED) is 0.161. The summed E-state index contributed by atoms with van der Waals surface area (Å²) < 4.78 is 2.35. The lowest BCUT2D eigenvalue weighted by atomic mass is 9.94. The van der Waals surface area contributed by atoms with Gasteiger partial charge in [0, 0.05) is 33.4 Å². The molecule has 63 heavy (non-hydrogen) atoms. The molecule has 9 aromatic carbocycles. The van der Waals surface area contributed by atoms with Crippen molar-refractivity contribution in [1.29, 1.82) is 0 Å². The molecule has 0 atom stereocenters. The molecule has 2 aromatic heterocycles. The Bertz CT molecular complexity index is 3500. The zero-order valence-corrected chi connectivity index (χ0v) is 34.2. The summed E-state index contributed by atoms with van der Waals surface area (Å²) in [6.45, 7) is 0. The average molecular weight is 803 g/mol. The van der Waals surface area contributed by atoms with Gasteiger partial charge in [0.2, 0.25) is 0 Å². The Balaban J connectivity index is 0.907. The van der Waals surface area contributed by atoms with Crippen molar-refractivity contribution in [3.8, 4) is 107 Å². The fourth-order valence-corrected chi connectivity index (χ4v) is 9.20. The molecule has 0 radical (unpaired) electrons. The number of aromatic nitrogens is 4. The normalized spacial score (nSPS) is 11.5. The number of hydrogen-bond donors (Lipinski definition) is 0. The minimum absolute atomic E-state index is 0.683. The van der Waals surface area contributed by atoms with E-state index < -0.39 is 0 Å². The van der Waals surface area contributed by atoms with Crippen LogP contribution in [0.1, 0.15) is 0 Å². The van der Waals surface area contributed by atoms with Crippen LogP contribution in [-0.4, -0.2) is 19.5 Å². The van der Waals surface area contributed by atoms with Crippen LogP contribution in [0.2, 0.25) is 0 Å². The van der Waals surface area contributed by atoms with Gasteiger partial charge in [-0.2, -0.15) is 0 Å². The number of benzene rings is 9. The molecule has 0 amide bonds. The van der Waals surface area contributed by atoms with E-state index in [0.29, 0.717) is 5.82 Å². The first kappa shape index (κ1) is 36.4. The maximum atomic E-state index is 5.27. The Kier molecular flexibility index (Phi) is 8.79. The second kappa shape index (κ2) is 15.2. The van der Waals surface area contributed by atoms with E-state index in [1.165, 1.54) is 22.3 Å². The van der Waals surface area contributed by atoms with Gasteiger partial charge < -0.3 is 0 Å². The molecule has 0 spiro atoms. The Morgan fingerprint density at radius 1 is 0.270 bits per heavy atom. The van der Waals surface area contributed by atoms with Crippen LogP contribution >= 0.6 is 0 Å². The van der Waals surface area contributed by atoms with E-state index >= 15 is 0 Å². The highest BCUT2D eigenvalue weighted by atomic mass is 15.1. The SMILES string of the molecule is c1ccc(-c2cc(-c3ccccc3-c3ccccc3)nc(-c3cccc(-c4cccc(-c5ccc(-c6nc7cccc8c7n6-c6ccccc6-c6ccccc6-8)cc5)c4)c3)n2)cc1. The van der Waals surface area contributed by atoms with Gasteiger partial charge in [0.1, 0.15) is 5.82 Å². The van der Waals surface area contributed by atoms with Gasteiger partial charge in [-0.15, -0.1) is 0 Å². The second-order valence-electron chi connectivity index (χ2n) is 16.0. The van der Waals surface area contributed by atoms with Crippen molar-refractivity contribution in [2.24, 2.45) is 0 Å². The van der Waals surface area contributed by atoms with Crippen molar-refractivity contribution < 1.29 is 0 Å². The minimum Gasteiger partial charge on any atom is -0.291 e. The van der Waals surface area contributed by atoms with Gasteiger partial charge in [-0.05, 0) is 74.8 Å². The summed E-state index contributed by atoms with van der Waals surface area (Å²) >= 11 is 0. The molecule has 0 fully saturated rings. The summed E-state index contributed by atoms with van der Waals surface area (Å²) in [6.07, 6.45) is 0. The Hall–Kier alpha value is -8.47. The third-order valence-corrected chi connectivity index (χ3v) is 12.2. The van der Waals surface area contributed by atoms with Gasteiger partial charge in [0.15, 0.2) is 5.82 Å². The van der Waals surface area contributed by atoms with Gasteiger partial charge in [0.25, 0.3) is 0 Å². The highest BCUT2D eigenvalue weighted by Crippen LogP contribution is 2.45. The van der Waals surface area contributed by atoms with Crippen LogP contribution in [0.5, 0.6) is 0 Å². The van der Waals surface area contributed by atoms with Crippen LogP contribution in [-0.2, 0) is 0 Å². The topological polar surface area (TPSA) is 43.6 Å². The van der Waals surface area contributed by atoms with Crippen LogP contribution < -0.4 is 0 Å². The molecule has 294 valence electrons. The van der Waals surface area contributed by atoms with E-state index in [2.05, 4.69) is 229 Å². The average Bonchev–Trinajstić information content (AvgIpc) is 3.71. The molecule has 4 heteroatoms. The third kappa shape index (κ3) is 6.44. The molecule has 4 nitrogen and oxygen atoms in total. The van der Waals surface area contributed by atoms with Crippen LogP contribution in [0.3, 0.4) is 0 Å². The summed E-state index contributed by atoms with van der Waals surface area (Å²) in [5.41, 5.74) is 20.8. The van der Waals surface area contributed by atoms with E-state index in [0.717, 1.165) is 89.6 Å². The smallest absolute Gasteiger partial charge is 0.160 e. The number of nitrogens with zero attached hydrogens (tertiary/aromatic N) is 4. The van der Waals surface area contributed by atoms with Gasteiger partial charge in [-0.25, -0.2) is 15.0 Å². The zero-order valence-electron chi connectivity index (χ0n) is 34.2. The van der Waals surface area contributed by atoms with Crippen molar-refractivity contribution in [3.05, 3.63) is 231 Å². The molecule has 1 aliphatic rings. The first-order valence-corrected chi connectivity index (χ1v) is 21.4. The number of fused-ring (bicyclic) bond motifs is 5. The Morgan fingerprint density at radius 2 is 0.762 bits per heavy atom. The number of hydrogen-bond acceptors (Lipinski definition) is 3. The molecular weight excluding hydrogens is 765 g/mol. The molecule has 3 heterocycles. The highest BCUT2D eigenvalue weighted by molar-refractivity contribution is 6.03. The van der Waals surface area contributed by atoms with Crippen molar-refractivity contribution in [2.45, 2.75) is 0 Å². The molecule has 0 N–H and O–H groups in total. The fraction of sp³-hybridized carbons (Fsp3) is 0. The molecular formula is C59H38N4. The van der Waals surface area contributed by atoms with E-state index in [9.17, 15) is 0 Å². The zero-order chi connectivity index (χ0) is 41.7.